The summed E-state index contributed by atoms with van der Waals surface area (Å²) in [7, 11) is 0. The fraction of sp³-hybridized carbons (Fsp3) is 0.0299. The van der Waals surface area contributed by atoms with E-state index >= 15 is 0 Å². The van der Waals surface area contributed by atoms with Crippen molar-refractivity contribution in [3.05, 3.63) is 276 Å². The molecule has 1 heterocycles. The van der Waals surface area contributed by atoms with Gasteiger partial charge in [0.2, 0.25) is 0 Å². The van der Waals surface area contributed by atoms with Gasteiger partial charge in [-0.15, -0.1) is 0 Å². The number of fused-ring (bicyclic) bond motifs is 7. The molecule has 2 aliphatic carbocycles. The lowest BCUT2D eigenvalue weighted by atomic mass is 9.72. The Balaban J connectivity index is 1.03. The van der Waals surface area contributed by atoms with Gasteiger partial charge in [-0.1, -0.05) is 200 Å². The van der Waals surface area contributed by atoms with Crippen LogP contribution >= 0.6 is 0 Å². The van der Waals surface area contributed by atoms with E-state index in [0.717, 1.165) is 40.1 Å². The van der Waals surface area contributed by atoms with Crippen LogP contribution in [-0.4, -0.2) is 9.55 Å². The molecule has 0 aliphatic heterocycles. The number of hydrogen-bond donors (Lipinski definition) is 0. The van der Waals surface area contributed by atoms with Crippen molar-refractivity contribution >= 4 is 65.3 Å². The van der Waals surface area contributed by atoms with Crippen LogP contribution in [0, 0.1) is 5.92 Å². The number of rotatable bonds is 6. The molecule has 0 radical (unpaired) electrons. The van der Waals surface area contributed by atoms with Gasteiger partial charge in [-0.05, 0) is 159 Å². The molecule has 1 unspecified atom stereocenters. The number of imidazole rings is 1. The number of hydrogen-bond acceptors (Lipinski definition) is 1. The van der Waals surface area contributed by atoms with Crippen LogP contribution in [-0.2, 0) is 0 Å². The van der Waals surface area contributed by atoms with Crippen molar-refractivity contribution in [1.82, 2.24) is 9.55 Å². The van der Waals surface area contributed by atoms with Gasteiger partial charge in [0.1, 0.15) is 5.82 Å². The maximum absolute atomic E-state index is 5.27. The van der Waals surface area contributed by atoms with Crippen LogP contribution in [0.3, 0.4) is 0 Å². The number of para-hydroxylation sites is 3. The van der Waals surface area contributed by atoms with E-state index in [-0.39, 0.29) is 5.92 Å². The topological polar surface area (TPSA) is 17.8 Å². The van der Waals surface area contributed by atoms with Crippen LogP contribution < -0.4 is 10.4 Å². The van der Waals surface area contributed by atoms with Crippen LogP contribution in [0.1, 0.15) is 17.5 Å². The van der Waals surface area contributed by atoms with Crippen molar-refractivity contribution in [3.63, 3.8) is 0 Å². The summed E-state index contributed by atoms with van der Waals surface area (Å²) in [5.41, 5.74) is 15.7. The molecular formula is C67H44N2. The molecule has 0 spiro atoms. The minimum atomic E-state index is 0.193. The van der Waals surface area contributed by atoms with Crippen molar-refractivity contribution in [2.24, 2.45) is 5.92 Å². The Hall–Kier alpha value is -8.85. The van der Waals surface area contributed by atoms with Crippen molar-refractivity contribution in [2.75, 3.05) is 0 Å². The first-order valence-electron chi connectivity index (χ1n) is 24.1. The molecule has 0 saturated heterocycles. The van der Waals surface area contributed by atoms with Gasteiger partial charge in [-0.3, -0.25) is 4.57 Å². The van der Waals surface area contributed by atoms with Gasteiger partial charge < -0.3 is 0 Å². The maximum atomic E-state index is 5.27. The average molecular weight is 877 g/mol. The van der Waals surface area contributed by atoms with Gasteiger partial charge in [0.25, 0.3) is 0 Å². The third kappa shape index (κ3) is 6.37. The molecule has 0 amide bonds. The first kappa shape index (κ1) is 39.3. The van der Waals surface area contributed by atoms with Crippen LogP contribution in [0.15, 0.2) is 254 Å². The van der Waals surface area contributed by atoms with Crippen LogP contribution in [0.5, 0.6) is 0 Å². The first-order chi connectivity index (χ1) is 34.2. The highest BCUT2D eigenvalue weighted by Crippen LogP contribution is 2.46. The first-order valence-corrected chi connectivity index (χ1v) is 24.1. The summed E-state index contributed by atoms with van der Waals surface area (Å²) in [4.78, 5) is 5.27. The third-order valence-electron chi connectivity index (χ3n) is 14.7. The summed E-state index contributed by atoms with van der Waals surface area (Å²) in [6, 6.07) is 85.0. The highest BCUT2D eigenvalue weighted by Gasteiger charge is 2.30. The van der Waals surface area contributed by atoms with Crippen molar-refractivity contribution in [2.45, 2.75) is 6.42 Å². The Labute approximate surface area is 400 Å². The van der Waals surface area contributed by atoms with E-state index in [1.807, 2.05) is 0 Å². The minimum Gasteiger partial charge on any atom is -0.292 e. The normalized spacial score (nSPS) is 14.4. The molecule has 2 nitrogen and oxygen atoms in total. The molecule has 0 fully saturated rings. The lowest BCUT2D eigenvalue weighted by Gasteiger charge is -2.31. The van der Waals surface area contributed by atoms with Gasteiger partial charge in [0, 0.05) is 17.2 Å². The van der Waals surface area contributed by atoms with Gasteiger partial charge >= 0.3 is 0 Å². The zero-order chi connectivity index (χ0) is 45.4. The third-order valence-corrected chi connectivity index (χ3v) is 14.7. The average Bonchev–Trinajstić information content (AvgIpc) is 3.81. The Morgan fingerprint density at radius 3 is 1.68 bits per heavy atom. The number of benzene rings is 11. The molecular weight excluding hydrogens is 833 g/mol. The highest BCUT2D eigenvalue weighted by molar-refractivity contribution is 6.21. The second-order valence-electron chi connectivity index (χ2n) is 18.5. The SMILES string of the molecule is C1=CCC2C(=C1)C(c1ccc3ccccc3c1)=c1ccc(-c3c4ccccc4c(-c4cccc(-c5nc6ccccc6n5-c5ccccc5)c4)c4ccccc34)cc1=C2c1ccc2ccccc2c1. The van der Waals surface area contributed by atoms with E-state index in [2.05, 4.69) is 253 Å². The van der Waals surface area contributed by atoms with Crippen molar-refractivity contribution < 1.29 is 0 Å². The van der Waals surface area contributed by atoms with Gasteiger partial charge in [0.05, 0.1) is 11.0 Å². The second-order valence-corrected chi connectivity index (χ2v) is 18.5. The molecule has 12 aromatic rings. The molecule has 1 atom stereocenters. The van der Waals surface area contributed by atoms with Crippen LogP contribution in [0.25, 0.3) is 105 Å². The Kier molecular flexibility index (Phi) is 9.06. The molecule has 14 rings (SSSR count). The molecule has 0 saturated carbocycles. The van der Waals surface area contributed by atoms with E-state index in [1.54, 1.807) is 0 Å². The van der Waals surface area contributed by atoms with E-state index in [0.29, 0.717) is 0 Å². The van der Waals surface area contributed by atoms with Crippen molar-refractivity contribution in [1.29, 1.82) is 0 Å². The fourth-order valence-electron chi connectivity index (χ4n) is 11.6. The highest BCUT2D eigenvalue weighted by atomic mass is 15.1. The minimum absolute atomic E-state index is 0.193. The molecule has 0 bridgehead atoms. The number of nitrogens with zero attached hydrogens (tertiary/aromatic N) is 2. The summed E-state index contributed by atoms with van der Waals surface area (Å²) in [6.45, 7) is 0. The Morgan fingerprint density at radius 2 is 0.971 bits per heavy atom. The summed E-state index contributed by atoms with van der Waals surface area (Å²) in [5.74, 6) is 1.12. The molecule has 322 valence electrons. The van der Waals surface area contributed by atoms with E-state index in [1.165, 1.54) is 98.1 Å². The molecule has 2 heteroatoms. The van der Waals surface area contributed by atoms with Crippen LogP contribution in [0.2, 0.25) is 0 Å². The standard InChI is InChI=1S/C67H44N2/c1-2-23-52(24-3-1)69-62-32-15-14-31-61(62)68-67(69)51-22-16-21-47(41-51)63-53-25-8-10-27-55(53)65(56-28-11-9-26-54(56)63)50-37-38-59-60(42-50)66(49-36-34-44-18-5-7-20-46(44)40-49)58-30-13-12-29-57(58)64(59)48-35-33-43-17-4-6-19-45(43)39-48/h1-29,31-42,58H,30H2. The van der Waals surface area contributed by atoms with Crippen molar-refractivity contribution in [3.8, 4) is 39.3 Å². The smallest absolute Gasteiger partial charge is 0.145 e. The lowest BCUT2D eigenvalue weighted by Crippen LogP contribution is -2.38. The quantitative estimate of drug-likeness (QED) is 0.152. The zero-order valence-corrected chi connectivity index (χ0v) is 37.9. The summed E-state index contributed by atoms with van der Waals surface area (Å²) in [5, 5.41) is 12.5. The second kappa shape index (κ2) is 15.9. The largest absolute Gasteiger partial charge is 0.292 e. The van der Waals surface area contributed by atoms with Gasteiger partial charge in [-0.2, -0.15) is 0 Å². The zero-order valence-electron chi connectivity index (χ0n) is 37.9. The molecule has 69 heavy (non-hydrogen) atoms. The van der Waals surface area contributed by atoms with E-state index < -0.39 is 0 Å². The molecule has 0 N–H and O–H groups in total. The molecule has 11 aromatic carbocycles. The predicted octanol–water partition coefficient (Wildman–Crippen LogP) is 15.6. The monoisotopic (exact) mass is 876 g/mol. The Morgan fingerprint density at radius 1 is 0.406 bits per heavy atom. The molecule has 2 aliphatic rings. The Bertz CT molecular complexity index is 4220. The van der Waals surface area contributed by atoms with E-state index in [9.17, 15) is 0 Å². The van der Waals surface area contributed by atoms with E-state index in [4.69, 9.17) is 4.98 Å². The van der Waals surface area contributed by atoms with Gasteiger partial charge in [0.15, 0.2) is 0 Å². The summed E-state index contributed by atoms with van der Waals surface area (Å²) in [6.07, 6.45) is 7.94. The number of allylic oxidation sites excluding steroid dienone is 4. The summed E-state index contributed by atoms with van der Waals surface area (Å²) < 4.78 is 2.29. The fourth-order valence-corrected chi connectivity index (χ4v) is 11.6. The van der Waals surface area contributed by atoms with Gasteiger partial charge in [-0.25, -0.2) is 4.98 Å². The van der Waals surface area contributed by atoms with Crippen LogP contribution in [0.4, 0.5) is 0 Å². The maximum Gasteiger partial charge on any atom is 0.145 e. The predicted molar refractivity (Wildman–Crippen MR) is 290 cm³/mol. The summed E-state index contributed by atoms with van der Waals surface area (Å²) >= 11 is 0. The molecule has 1 aromatic heterocycles. The lowest BCUT2D eigenvalue weighted by molar-refractivity contribution is 0.798. The number of aromatic nitrogens is 2.